The smallest absolute Gasteiger partial charge is 0.0820 e. The van der Waals surface area contributed by atoms with Crippen LogP contribution in [0.5, 0.6) is 0 Å². The summed E-state index contributed by atoms with van der Waals surface area (Å²) in [6, 6.07) is 0. The summed E-state index contributed by atoms with van der Waals surface area (Å²) >= 11 is 6.02. The average Bonchev–Trinajstić information content (AvgIpc) is 2.44. The Morgan fingerprint density at radius 2 is 2.23 bits per heavy atom. The van der Waals surface area contributed by atoms with Gasteiger partial charge in [0.2, 0.25) is 0 Å². The van der Waals surface area contributed by atoms with E-state index in [9.17, 15) is 0 Å². The number of nitrogens with two attached hydrogens (primary N) is 1. The SMILES string of the molecule is CC(CN)C(C)c1c(Cl)cnn1C. The van der Waals surface area contributed by atoms with Gasteiger partial charge in [0.05, 0.1) is 16.9 Å². The molecule has 74 valence electrons. The van der Waals surface area contributed by atoms with Gasteiger partial charge in [-0.15, -0.1) is 0 Å². The first-order chi connectivity index (χ1) is 6.07. The Labute approximate surface area is 83.9 Å². The molecule has 0 fully saturated rings. The van der Waals surface area contributed by atoms with Crippen molar-refractivity contribution >= 4 is 11.6 Å². The molecule has 2 atom stereocenters. The van der Waals surface area contributed by atoms with Crippen molar-refractivity contribution in [3.8, 4) is 0 Å². The van der Waals surface area contributed by atoms with Crippen molar-refractivity contribution < 1.29 is 0 Å². The molecule has 2 N–H and O–H groups in total. The number of rotatable bonds is 3. The Hall–Kier alpha value is -0.540. The Balaban J connectivity index is 2.93. The number of halogens is 1. The summed E-state index contributed by atoms with van der Waals surface area (Å²) in [5.41, 5.74) is 6.68. The van der Waals surface area contributed by atoms with Crippen LogP contribution in [-0.4, -0.2) is 16.3 Å². The highest BCUT2D eigenvalue weighted by atomic mass is 35.5. The van der Waals surface area contributed by atoms with Gasteiger partial charge in [-0.3, -0.25) is 4.68 Å². The summed E-state index contributed by atoms with van der Waals surface area (Å²) < 4.78 is 1.82. The Bertz CT molecular complexity index is 263. The maximum atomic E-state index is 6.02. The van der Waals surface area contributed by atoms with E-state index in [0.717, 1.165) is 10.7 Å². The van der Waals surface area contributed by atoms with E-state index in [4.69, 9.17) is 17.3 Å². The minimum absolute atomic E-state index is 0.352. The van der Waals surface area contributed by atoms with Gasteiger partial charge in [-0.05, 0) is 12.5 Å². The standard InChI is InChI=1S/C9H16ClN3/c1-6(4-11)7(2)9-8(10)5-12-13(9)3/h5-7H,4,11H2,1-3H3. The lowest BCUT2D eigenvalue weighted by Gasteiger charge is -2.18. The van der Waals surface area contributed by atoms with Crippen LogP contribution in [0.3, 0.4) is 0 Å². The molecule has 1 aromatic heterocycles. The maximum Gasteiger partial charge on any atom is 0.0820 e. The normalized spacial score (nSPS) is 15.8. The van der Waals surface area contributed by atoms with E-state index >= 15 is 0 Å². The molecule has 0 radical (unpaired) electrons. The fourth-order valence-corrected chi connectivity index (χ4v) is 1.74. The molecule has 0 amide bonds. The number of hydrogen-bond donors (Lipinski definition) is 1. The van der Waals surface area contributed by atoms with Crippen LogP contribution in [0.2, 0.25) is 5.02 Å². The van der Waals surface area contributed by atoms with E-state index in [1.165, 1.54) is 0 Å². The van der Waals surface area contributed by atoms with Crippen molar-refractivity contribution in [3.05, 3.63) is 16.9 Å². The van der Waals surface area contributed by atoms with E-state index in [0.29, 0.717) is 18.4 Å². The Morgan fingerprint density at radius 3 is 2.62 bits per heavy atom. The summed E-state index contributed by atoms with van der Waals surface area (Å²) in [7, 11) is 1.90. The fraction of sp³-hybridized carbons (Fsp3) is 0.667. The molecule has 3 nitrogen and oxygen atoms in total. The third-order valence-electron chi connectivity index (χ3n) is 2.59. The van der Waals surface area contributed by atoms with Crippen molar-refractivity contribution in [1.29, 1.82) is 0 Å². The summed E-state index contributed by atoms with van der Waals surface area (Å²) in [6.45, 7) is 4.91. The topological polar surface area (TPSA) is 43.8 Å². The first-order valence-corrected chi connectivity index (χ1v) is 4.83. The first kappa shape index (κ1) is 10.5. The summed E-state index contributed by atoms with van der Waals surface area (Å²) in [5, 5.41) is 4.83. The van der Waals surface area contributed by atoms with Crippen LogP contribution in [0.1, 0.15) is 25.5 Å². The number of hydrogen-bond acceptors (Lipinski definition) is 2. The molecule has 0 aliphatic carbocycles. The second-order valence-corrected chi connectivity index (χ2v) is 3.91. The molecule has 0 spiro atoms. The van der Waals surface area contributed by atoms with Gasteiger partial charge < -0.3 is 5.73 Å². The summed E-state index contributed by atoms with van der Waals surface area (Å²) in [4.78, 5) is 0. The van der Waals surface area contributed by atoms with Gasteiger partial charge in [0, 0.05) is 13.0 Å². The predicted molar refractivity (Wildman–Crippen MR) is 54.9 cm³/mol. The third kappa shape index (κ3) is 2.03. The van der Waals surface area contributed by atoms with Crippen LogP contribution in [0, 0.1) is 5.92 Å². The molecule has 1 heterocycles. The molecule has 0 aliphatic heterocycles. The van der Waals surface area contributed by atoms with Crippen LogP contribution in [0.15, 0.2) is 6.20 Å². The molecule has 0 saturated heterocycles. The van der Waals surface area contributed by atoms with E-state index in [2.05, 4.69) is 18.9 Å². The monoisotopic (exact) mass is 201 g/mol. The first-order valence-electron chi connectivity index (χ1n) is 4.45. The largest absolute Gasteiger partial charge is 0.330 e. The molecular weight excluding hydrogens is 186 g/mol. The van der Waals surface area contributed by atoms with Crippen LogP contribution >= 0.6 is 11.6 Å². The number of nitrogens with zero attached hydrogens (tertiary/aromatic N) is 2. The second kappa shape index (κ2) is 4.11. The second-order valence-electron chi connectivity index (χ2n) is 3.50. The molecule has 0 bridgehead atoms. The molecule has 0 saturated carbocycles. The summed E-state index contributed by atoms with van der Waals surface area (Å²) in [6.07, 6.45) is 1.68. The molecule has 1 aromatic rings. The maximum absolute atomic E-state index is 6.02. The lowest BCUT2D eigenvalue weighted by atomic mass is 9.93. The average molecular weight is 202 g/mol. The fourth-order valence-electron chi connectivity index (χ4n) is 1.41. The zero-order chi connectivity index (χ0) is 10.0. The minimum atomic E-state index is 0.352. The van der Waals surface area contributed by atoms with Crippen molar-refractivity contribution in [1.82, 2.24) is 9.78 Å². The molecular formula is C9H16ClN3. The molecule has 4 heteroatoms. The van der Waals surface area contributed by atoms with Crippen molar-refractivity contribution in [2.75, 3.05) is 6.54 Å². The zero-order valence-electron chi connectivity index (χ0n) is 8.29. The summed E-state index contributed by atoms with van der Waals surface area (Å²) in [5.74, 6) is 0.776. The predicted octanol–water partition coefficient (Wildman–Crippen LogP) is 1.77. The highest BCUT2D eigenvalue weighted by Crippen LogP contribution is 2.28. The molecule has 2 unspecified atom stereocenters. The lowest BCUT2D eigenvalue weighted by molar-refractivity contribution is 0.471. The van der Waals surface area contributed by atoms with Gasteiger partial charge in [-0.1, -0.05) is 25.4 Å². The van der Waals surface area contributed by atoms with Gasteiger partial charge in [0.1, 0.15) is 0 Å². The highest BCUT2D eigenvalue weighted by Gasteiger charge is 2.19. The third-order valence-corrected chi connectivity index (χ3v) is 2.89. The van der Waals surface area contributed by atoms with Gasteiger partial charge in [0.25, 0.3) is 0 Å². The van der Waals surface area contributed by atoms with Crippen LogP contribution in [0.4, 0.5) is 0 Å². The molecule has 0 aromatic carbocycles. The Morgan fingerprint density at radius 1 is 1.62 bits per heavy atom. The van der Waals surface area contributed by atoms with Crippen molar-refractivity contribution in [2.45, 2.75) is 19.8 Å². The van der Waals surface area contributed by atoms with E-state index < -0.39 is 0 Å². The van der Waals surface area contributed by atoms with E-state index in [-0.39, 0.29) is 0 Å². The van der Waals surface area contributed by atoms with Crippen molar-refractivity contribution in [3.63, 3.8) is 0 Å². The van der Waals surface area contributed by atoms with Crippen molar-refractivity contribution in [2.24, 2.45) is 18.7 Å². The van der Waals surface area contributed by atoms with E-state index in [1.807, 2.05) is 11.7 Å². The van der Waals surface area contributed by atoms with Gasteiger partial charge in [0.15, 0.2) is 0 Å². The van der Waals surface area contributed by atoms with Gasteiger partial charge >= 0.3 is 0 Å². The quantitative estimate of drug-likeness (QED) is 0.810. The molecule has 13 heavy (non-hydrogen) atoms. The highest BCUT2D eigenvalue weighted by molar-refractivity contribution is 6.31. The number of aryl methyl sites for hydroxylation is 1. The van der Waals surface area contributed by atoms with Gasteiger partial charge in [-0.2, -0.15) is 5.10 Å². The Kier molecular flexibility index (Phi) is 3.33. The van der Waals surface area contributed by atoms with Crippen LogP contribution in [0.25, 0.3) is 0 Å². The zero-order valence-corrected chi connectivity index (χ0v) is 9.04. The van der Waals surface area contributed by atoms with Crippen LogP contribution in [-0.2, 0) is 7.05 Å². The molecule has 0 aliphatic rings. The van der Waals surface area contributed by atoms with E-state index in [1.54, 1.807) is 6.20 Å². The molecule has 1 rings (SSSR count). The lowest BCUT2D eigenvalue weighted by Crippen LogP contribution is -2.19. The van der Waals surface area contributed by atoms with Gasteiger partial charge in [-0.25, -0.2) is 0 Å². The minimum Gasteiger partial charge on any atom is -0.330 e. The number of aromatic nitrogens is 2. The van der Waals surface area contributed by atoms with Crippen LogP contribution < -0.4 is 5.73 Å².